The number of hydrogen-bond donors (Lipinski definition) is 1. The molecule has 2 aromatic rings. The van der Waals surface area contributed by atoms with Crippen molar-refractivity contribution < 1.29 is 19.1 Å². The number of carbonyl (C=O) groups is 3. The van der Waals surface area contributed by atoms with Gasteiger partial charge in [0, 0.05) is 38.3 Å². The predicted octanol–water partition coefficient (Wildman–Crippen LogP) is 3.09. The summed E-state index contributed by atoms with van der Waals surface area (Å²) in [5, 5.41) is 0. The fourth-order valence-corrected chi connectivity index (χ4v) is 5.55. The second-order valence-corrected chi connectivity index (χ2v) is 9.98. The quantitative estimate of drug-likeness (QED) is 0.516. The Morgan fingerprint density at radius 2 is 1.66 bits per heavy atom. The highest BCUT2D eigenvalue weighted by Gasteiger charge is 2.53. The lowest BCUT2D eigenvalue weighted by atomic mass is 9.85. The predicted molar refractivity (Wildman–Crippen MR) is 147 cm³/mol. The zero-order valence-corrected chi connectivity index (χ0v) is 22.5. The maximum atomic E-state index is 13.9. The first kappa shape index (κ1) is 27.4. The highest BCUT2D eigenvalue weighted by atomic mass is 16.5. The Labute approximate surface area is 225 Å². The van der Waals surface area contributed by atoms with Gasteiger partial charge in [-0.15, -0.1) is 0 Å². The molecule has 9 nitrogen and oxygen atoms in total. The Morgan fingerprint density at radius 1 is 1.00 bits per heavy atom. The summed E-state index contributed by atoms with van der Waals surface area (Å²) in [7, 11) is 0. The van der Waals surface area contributed by atoms with E-state index < -0.39 is 11.6 Å². The minimum Gasteiger partial charge on any atom is -0.411 e. The van der Waals surface area contributed by atoms with Crippen LogP contribution in [0.3, 0.4) is 0 Å². The number of ether oxygens (including phenoxy) is 1. The van der Waals surface area contributed by atoms with Crippen LogP contribution in [0.5, 0.6) is 5.75 Å². The van der Waals surface area contributed by atoms with E-state index in [0.717, 1.165) is 30.9 Å². The summed E-state index contributed by atoms with van der Waals surface area (Å²) < 4.78 is 4.86. The van der Waals surface area contributed by atoms with Crippen molar-refractivity contribution in [1.82, 2.24) is 14.7 Å². The van der Waals surface area contributed by atoms with Crippen LogP contribution in [0.2, 0.25) is 0 Å². The van der Waals surface area contributed by atoms with Gasteiger partial charge in [0.1, 0.15) is 11.3 Å². The molecule has 2 aliphatic rings. The van der Waals surface area contributed by atoms with Crippen molar-refractivity contribution in [1.29, 1.82) is 0 Å². The summed E-state index contributed by atoms with van der Waals surface area (Å²) in [6.07, 6.45) is 1.36. The lowest BCUT2D eigenvalue weighted by Crippen LogP contribution is -2.57. The fourth-order valence-electron chi connectivity index (χ4n) is 5.55. The van der Waals surface area contributed by atoms with Crippen molar-refractivity contribution in [3.8, 4) is 5.75 Å². The topological polar surface area (TPSA) is 99.4 Å². The molecular formula is C29H39N5O4. The molecule has 2 N–H and O–H groups in total. The third-order valence-electron chi connectivity index (χ3n) is 7.88. The first-order valence-corrected chi connectivity index (χ1v) is 13.5. The molecule has 2 heterocycles. The maximum Gasteiger partial charge on any atom is 0.409 e. The first-order chi connectivity index (χ1) is 18.4. The van der Waals surface area contributed by atoms with E-state index in [-0.39, 0.29) is 11.8 Å². The number of piperidine rings is 1. The van der Waals surface area contributed by atoms with Gasteiger partial charge in [-0.25, -0.2) is 4.79 Å². The standard InChI is InChI=1S/C29H39N5O4/c1-3-31(4-2)20-21-33-22-34(24-8-6-5-7-9-24)29(27(33)36)16-18-32(19-17-29)26(35)15-12-23-10-13-25(14-11-23)38-28(30)37/h5-11,13-14H,3-4,12,15-22H2,1-2H3,(H2,30,37). The molecule has 0 saturated carbocycles. The number of hydrogen-bond acceptors (Lipinski definition) is 6. The molecule has 0 atom stereocenters. The van der Waals surface area contributed by atoms with Crippen LogP contribution in [0.4, 0.5) is 10.5 Å². The highest BCUT2D eigenvalue weighted by Crippen LogP contribution is 2.39. The number of nitrogens with two attached hydrogens (primary N) is 1. The average Bonchev–Trinajstić information content (AvgIpc) is 3.20. The van der Waals surface area contributed by atoms with Crippen LogP contribution in [0, 0.1) is 0 Å². The number of anilines is 1. The largest absolute Gasteiger partial charge is 0.411 e. The van der Waals surface area contributed by atoms with E-state index in [4.69, 9.17) is 10.5 Å². The Morgan fingerprint density at radius 3 is 2.26 bits per heavy atom. The van der Waals surface area contributed by atoms with Gasteiger partial charge < -0.3 is 30.1 Å². The third-order valence-corrected chi connectivity index (χ3v) is 7.88. The summed E-state index contributed by atoms with van der Waals surface area (Å²) in [6.45, 7) is 9.48. The number of rotatable bonds is 10. The van der Waals surface area contributed by atoms with Crippen molar-refractivity contribution in [2.45, 2.75) is 45.1 Å². The van der Waals surface area contributed by atoms with Gasteiger partial charge in [-0.3, -0.25) is 9.59 Å². The lowest BCUT2D eigenvalue weighted by molar-refractivity contribution is -0.138. The van der Waals surface area contributed by atoms with E-state index in [1.54, 1.807) is 12.1 Å². The number of nitrogens with zero attached hydrogens (tertiary/aromatic N) is 4. The van der Waals surface area contributed by atoms with Gasteiger partial charge in [0.2, 0.25) is 11.8 Å². The molecule has 0 unspecified atom stereocenters. The molecule has 2 saturated heterocycles. The van der Waals surface area contributed by atoms with Crippen molar-refractivity contribution >= 4 is 23.6 Å². The van der Waals surface area contributed by atoms with E-state index >= 15 is 0 Å². The first-order valence-electron chi connectivity index (χ1n) is 13.5. The van der Waals surface area contributed by atoms with Gasteiger partial charge >= 0.3 is 6.09 Å². The second-order valence-electron chi connectivity index (χ2n) is 9.98. The number of amides is 3. The van der Waals surface area contributed by atoms with Crippen LogP contribution < -0.4 is 15.4 Å². The Kier molecular flexibility index (Phi) is 8.89. The molecule has 2 aromatic carbocycles. The Bertz CT molecular complexity index is 1100. The van der Waals surface area contributed by atoms with Crippen LogP contribution in [0.25, 0.3) is 0 Å². The van der Waals surface area contributed by atoms with E-state index in [1.807, 2.05) is 40.1 Å². The van der Waals surface area contributed by atoms with Gasteiger partial charge in [0.05, 0.1) is 6.67 Å². The molecule has 204 valence electrons. The van der Waals surface area contributed by atoms with Gasteiger partial charge in [-0.05, 0) is 62.2 Å². The maximum absolute atomic E-state index is 13.9. The lowest BCUT2D eigenvalue weighted by Gasteiger charge is -2.43. The normalized spacial score (nSPS) is 16.9. The third kappa shape index (κ3) is 6.10. The fraction of sp³-hybridized carbons (Fsp3) is 0.483. The molecule has 4 rings (SSSR count). The van der Waals surface area contributed by atoms with Crippen molar-refractivity contribution in [3.63, 3.8) is 0 Å². The number of aryl methyl sites for hydroxylation is 1. The second kappa shape index (κ2) is 12.3. The monoisotopic (exact) mass is 521 g/mol. The van der Waals surface area contributed by atoms with E-state index in [2.05, 4.69) is 35.8 Å². The molecule has 9 heteroatoms. The smallest absolute Gasteiger partial charge is 0.409 e. The highest BCUT2D eigenvalue weighted by molar-refractivity contribution is 5.94. The number of likely N-dealkylation sites (N-methyl/N-ethyl adjacent to an activating group) is 1. The summed E-state index contributed by atoms with van der Waals surface area (Å²) in [5.41, 5.74) is 6.46. The van der Waals surface area contributed by atoms with Crippen LogP contribution >= 0.6 is 0 Å². The van der Waals surface area contributed by atoms with E-state index in [1.165, 1.54) is 0 Å². The van der Waals surface area contributed by atoms with Crippen molar-refractivity contribution in [3.05, 3.63) is 60.2 Å². The zero-order valence-electron chi connectivity index (χ0n) is 22.5. The average molecular weight is 522 g/mol. The van der Waals surface area contributed by atoms with Gasteiger partial charge in [0.15, 0.2) is 0 Å². The number of carbonyl (C=O) groups excluding carboxylic acids is 3. The molecule has 2 fully saturated rings. The minimum atomic E-state index is -0.852. The molecule has 38 heavy (non-hydrogen) atoms. The SMILES string of the molecule is CCN(CC)CCN1CN(c2ccccc2)C2(CCN(C(=O)CCc3ccc(OC(N)=O)cc3)CC2)C1=O. The molecule has 0 bridgehead atoms. The van der Waals surface area contributed by atoms with Crippen LogP contribution in [-0.2, 0) is 16.0 Å². The number of likely N-dealkylation sites (tertiary alicyclic amines) is 1. The van der Waals surface area contributed by atoms with E-state index in [9.17, 15) is 14.4 Å². The molecule has 2 aliphatic heterocycles. The molecule has 0 radical (unpaired) electrons. The Hall–Kier alpha value is -3.59. The molecule has 0 aliphatic carbocycles. The Balaban J connectivity index is 1.39. The number of primary amides is 1. The van der Waals surface area contributed by atoms with E-state index in [0.29, 0.717) is 57.7 Å². The van der Waals surface area contributed by atoms with Crippen LogP contribution in [0.1, 0.15) is 38.7 Å². The summed E-state index contributed by atoms with van der Waals surface area (Å²) >= 11 is 0. The van der Waals surface area contributed by atoms with Crippen molar-refractivity contribution in [2.75, 3.05) is 50.8 Å². The van der Waals surface area contributed by atoms with Gasteiger partial charge in [0.25, 0.3) is 0 Å². The number of para-hydroxylation sites is 1. The van der Waals surface area contributed by atoms with Crippen LogP contribution in [0.15, 0.2) is 54.6 Å². The molecule has 0 aromatic heterocycles. The summed E-state index contributed by atoms with van der Waals surface area (Å²) in [4.78, 5) is 46.3. The molecule has 3 amide bonds. The molecule has 1 spiro atoms. The van der Waals surface area contributed by atoms with Gasteiger partial charge in [-0.1, -0.05) is 44.2 Å². The van der Waals surface area contributed by atoms with Crippen molar-refractivity contribution in [2.24, 2.45) is 5.73 Å². The summed E-state index contributed by atoms with van der Waals surface area (Å²) in [6, 6.07) is 17.2. The van der Waals surface area contributed by atoms with Crippen LogP contribution in [-0.4, -0.2) is 84.1 Å². The van der Waals surface area contributed by atoms with Gasteiger partial charge in [-0.2, -0.15) is 0 Å². The summed E-state index contributed by atoms with van der Waals surface area (Å²) in [5.74, 6) is 0.649. The number of benzene rings is 2. The minimum absolute atomic E-state index is 0.0902. The zero-order chi connectivity index (χ0) is 27.1. The molecular weight excluding hydrogens is 482 g/mol.